The molecule has 0 aliphatic rings. The lowest BCUT2D eigenvalue weighted by atomic mass is 10.2. The SMILES string of the molecule is NC(=O)COc1ccc(C(=O)OCn2nnc3ccccc3c2=O)cc1. The Labute approximate surface area is 146 Å². The third-order valence-corrected chi connectivity index (χ3v) is 3.42. The summed E-state index contributed by atoms with van der Waals surface area (Å²) in [6.07, 6.45) is 0. The standard InChI is InChI=1S/C17H14N4O5/c18-15(22)9-25-12-7-5-11(6-8-12)17(24)26-10-21-16(23)13-3-1-2-4-14(13)19-20-21/h1-8H,9-10H2,(H2,18,22). The highest BCUT2D eigenvalue weighted by atomic mass is 16.5. The lowest BCUT2D eigenvalue weighted by Gasteiger charge is -2.07. The highest BCUT2D eigenvalue weighted by Crippen LogP contribution is 2.13. The Morgan fingerprint density at radius 1 is 1.08 bits per heavy atom. The lowest BCUT2D eigenvalue weighted by molar-refractivity contribution is -0.119. The molecule has 0 saturated carbocycles. The van der Waals surface area contributed by atoms with E-state index in [4.69, 9.17) is 15.2 Å². The quantitative estimate of drug-likeness (QED) is 0.638. The fraction of sp³-hybridized carbons (Fsp3) is 0.118. The van der Waals surface area contributed by atoms with Crippen molar-refractivity contribution in [1.82, 2.24) is 15.0 Å². The van der Waals surface area contributed by atoms with Gasteiger partial charge in [-0.15, -0.1) is 5.10 Å². The fourth-order valence-electron chi connectivity index (χ4n) is 2.15. The number of carbonyl (C=O) groups excluding carboxylic acids is 2. The monoisotopic (exact) mass is 354 g/mol. The van der Waals surface area contributed by atoms with Crippen LogP contribution in [-0.2, 0) is 16.3 Å². The number of benzene rings is 2. The van der Waals surface area contributed by atoms with Crippen molar-refractivity contribution < 1.29 is 19.1 Å². The Morgan fingerprint density at radius 3 is 2.54 bits per heavy atom. The van der Waals surface area contributed by atoms with Crippen molar-refractivity contribution in [3.8, 4) is 5.75 Å². The summed E-state index contributed by atoms with van der Waals surface area (Å²) < 4.78 is 11.1. The van der Waals surface area contributed by atoms with Gasteiger partial charge in [-0.2, -0.15) is 4.68 Å². The predicted octanol–water partition coefficient (Wildman–Crippen LogP) is 0.470. The van der Waals surface area contributed by atoms with Crippen LogP contribution in [0.4, 0.5) is 0 Å². The summed E-state index contributed by atoms with van der Waals surface area (Å²) in [4.78, 5) is 35.0. The summed E-state index contributed by atoms with van der Waals surface area (Å²) in [5, 5.41) is 8.03. The maximum Gasteiger partial charge on any atom is 0.339 e. The van der Waals surface area contributed by atoms with E-state index in [1.165, 1.54) is 24.3 Å². The van der Waals surface area contributed by atoms with E-state index in [1.54, 1.807) is 24.3 Å². The first-order valence-electron chi connectivity index (χ1n) is 7.55. The number of primary amides is 1. The molecule has 0 fully saturated rings. The number of ether oxygens (including phenoxy) is 2. The van der Waals surface area contributed by atoms with Gasteiger partial charge in [-0.25, -0.2) is 4.79 Å². The Kier molecular flexibility index (Phi) is 4.88. The molecule has 0 atom stereocenters. The van der Waals surface area contributed by atoms with E-state index in [1.807, 2.05) is 0 Å². The van der Waals surface area contributed by atoms with Gasteiger partial charge in [-0.1, -0.05) is 17.3 Å². The van der Waals surface area contributed by atoms with Crippen LogP contribution in [0.1, 0.15) is 10.4 Å². The Morgan fingerprint density at radius 2 is 1.81 bits per heavy atom. The van der Waals surface area contributed by atoms with Crippen molar-refractivity contribution in [1.29, 1.82) is 0 Å². The summed E-state index contributed by atoms with van der Waals surface area (Å²) in [5.74, 6) is -0.860. The van der Waals surface area contributed by atoms with Gasteiger partial charge < -0.3 is 15.2 Å². The van der Waals surface area contributed by atoms with Crippen molar-refractivity contribution in [3.63, 3.8) is 0 Å². The van der Waals surface area contributed by atoms with Crippen LogP contribution in [0, 0.1) is 0 Å². The molecule has 2 aromatic carbocycles. The van der Waals surface area contributed by atoms with E-state index < -0.39 is 17.4 Å². The lowest BCUT2D eigenvalue weighted by Crippen LogP contribution is -2.26. The first kappa shape index (κ1) is 17.1. The molecule has 3 rings (SSSR count). The first-order valence-corrected chi connectivity index (χ1v) is 7.55. The van der Waals surface area contributed by atoms with Crippen molar-refractivity contribution in [2.45, 2.75) is 6.73 Å². The van der Waals surface area contributed by atoms with Crippen molar-refractivity contribution >= 4 is 22.8 Å². The number of aromatic nitrogens is 3. The van der Waals surface area contributed by atoms with Crippen LogP contribution in [0.2, 0.25) is 0 Å². The molecule has 0 aliphatic heterocycles. The van der Waals surface area contributed by atoms with E-state index >= 15 is 0 Å². The molecule has 3 aromatic rings. The number of nitrogens with zero attached hydrogens (tertiary/aromatic N) is 3. The molecule has 0 unspecified atom stereocenters. The maximum absolute atomic E-state index is 12.3. The highest BCUT2D eigenvalue weighted by Gasteiger charge is 2.10. The molecule has 2 N–H and O–H groups in total. The normalized spacial score (nSPS) is 10.5. The number of amides is 1. The van der Waals surface area contributed by atoms with Gasteiger partial charge in [0.1, 0.15) is 11.3 Å². The molecule has 9 heteroatoms. The average Bonchev–Trinajstić information content (AvgIpc) is 2.66. The summed E-state index contributed by atoms with van der Waals surface area (Å²) in [6, 6.07) is 12.7. The second-order valence-electron chi connectivity index (χ2n) is 5.25. The third-order valence-electron chi connectivity index (χ3n) is 3.42. The van der Waals surface area contributed by atoms with Gasteiger partial charge in [0.2, 0.25) is 0 Å². The Bertz CT molecular complexity index is 1010. The highest BCUT2D eigenvalue weighted by molar-refractivity contribution is 5.89. The molecule has 132 valence electrons. The molecule has 1 amide bonds. The number of carbonyl (C=O) groups is 2. The molecule has 1 heterocycles. The second-order valence-corrected chi connectivity index (χ2v) is 5.25. The van der Waals surface area contributed by atoms with Gasteiger partial charge in [-0.3, -0.25) is 9.59 Å². The summed E-state index contributed by atoms with van der Waals surface area (Å²) in [6.45, 7) is -0.622. The van der Waals surface area contributed by atoms with Crippen LogP contribution < -0.4 is 16.0 Å². The number of rotatable bonds is 6. The van der Waals surface area contributed by atoms with Crippen LogP contribution in [0.3, 0.4) is 0 Å². The minimum Gasteiger partial charge on any atom is -0.484 e. The largest absolute Gasteiger partial charge is 0.484 e. The molecule has 1 aromatic heterocycles. The van der Waals surface area contributed by atoms with E-state index in [9.17, 15) is 14.4 Å². The Balaban J connectivity index is 1.66. The zero-order chi connectivity index (χ0) is 18.5. The number of nitrogens with two attached hydrogens (primary N) is 1. The molecule has 0 radical (unpaired) electrons. The predicted molar refractivity (Wildman–Crippen MR) is 90.3 cm³/mol. The number of esters is 1. The van der Waals surface area contributed by atoms with Crippen LogP contribution in [0.15, 0.2) is 53.3 Å². The van der Waals surface area contributed by atoms with Crippen LogP contribution in [0.25, 0.3) is 10.9 Å². The maximum atomic E-state index is 12.3. The smallest absolute Gasteiger partial charge is 0.339 e. The number of fused-ring (bicyclic) bond motifs is 1. The van der Waals surface area contributed by atoms with Crippen LogP contribution >= 0.6 is 0 Å². The minimum absolute atomic E-state index is 0.248. The van der Waals surface area contributed by atoms with E-state index in [-0.39, 0.29) is 18.9 Å². The average molecular weight is 354 g/mol. The van der Waals surface area contributed by atoms with Crippen molar-refractivity contribution in [2.75, 3.05) is 6.61 Å². The third kappa shape index (κ3) is 3.83. The zero-order valence-corrected chi connectivity index (χ0v) is 13.5. The van der Waals surface area contributed by atoms with Gasteiger partial charge in [-0.05, 0) is 36.4 Å². The zero-order valence-electron chi connectivity index (χ0n) is 13.5. The molecule has 26 heavy (non-hydrogen) atoms. The minimum atomic E-state index is -0.645. The van der Waals surface area contributed by atoms with Crippen molar-refractivity contribution in [3.05, 3.63) is 64.4 Å². The van der Waals surface area contributed by atoms with Gasteiger partial charge in [0, 0.05) is 0 Å². The number of hydrogen-bond acceptors (Lipinski definition) is 7. The fourth-order valence-corrected chi connectivity index (χ4v) is 2.15. The molecule has 0 aliphatic carbocycles. The summed E-state index contributed by atoms with van der Waals surface area (Å²) >= 11 is 0. The molecule has 0 saturated heterocycles. The van der Waals surface area contributed by atoms with Gasteiger partial charge in [0.15, 0.2) is 13.3 Å². The second kappa shape index (κ2) is 7.43. The van der Waals surface area contributed by atoms with Crippen LogP contribution in [-0.4, -0.2) is 33.5 Å². The van der Waals surface area contributed by atoms with Crippen molar-refractivity contribution in [2.24, 2.45) is 5.73 Å². The topological polar surface area (TPSA) is 126 Å². The van der Waals surface area contributed by atoms with Gasteiger partial charge in [0.25, 0.3) is 11.5 Å². The molecule has 9 nitrogen and oxygen atoms in total. The Hall–Kier alpha value is -3.75. The van der Waals surface area contributed by atoms with E-state index in [0.29, 0.717) is 16.7 Å². The van der Waals surface area contributed by atoms with E-state index in [2.05, 4.69) is 10.3 Å². The molecular formula is C17H14N4O5. The summed E-state index contributed by atoms with van der Waals surface area (Å²) in [5.41, 5.74) is 5.29. The van der Waals surface area contributed by atoms with Crippen LogP contribution in [0.5, 0.6) is 5.75 Å². The van der Waals surface area contributed by atoms with Gasteiger partial charge in [0.05, 0.1) is 10.9 Å². The van der Waals surface area contributed by atoms with Gasteiger partial charge >= 0.3 is 5.97 Å². The molecule has 0 spiro atoms. The van der Waals surface area contributed by atoms with E-state index in [0.717, 1.165) is 4.68 Å². The first-order chi connectivity index (χ1) is 12.5. The summed E-state index contributed by atoms with van der Waals surface area (Å²) in [7, 11) is 0. The number of hydrogen-bond donors (Lipinski definition) is 1. The molecule has 0 bridgehead atoms. The molecular weight excluding hydrogens is 340 g/mol.